The fraction of sp³-hybridized carbons (Fsp3) is 0.750. The van der Waals surface area contributed by atoms with Crippen LogP contribution in [0.15, 0.2) is 12.7 Å². The van der Waals surface area contributed by atoms with Gasteiger partial charge in [0.1, 0.15) is 0 Å². The van der Waals surface area contributed by atoms with E-state index >= 15 is 0 Å². The molecule has 0 aromatic rings. The van der Waals surface area contributed by atoms with Crippen molar-refractivity contribution in [3.05, 3.63) is 12.7 Å². The second-order valence-electron chi connectivity index (χ2n) is 4.68. The summed E-state index contributed by atoms with van der Waals surface area (Å²) in [6.45, 7) is 7.07. The van der Waals surface area contributed by atoms with Crippen molar-refractivity contribution in [3.63, 3.8) is 0 Å². The van der Waals surface area contributed by atoms with Crippen molar-refractivity contribution in [1.29, 1.82) is 0 Å². The number of amides is 1. The van der Waals surface area contributed by atoms with Crippen LogP contribution in [-0.2, 0) is 9.53 Å². The number of hydrogen-bond acceptors (Lipinski definition) is 2. The van der Waals surface area contributed by atoms with E-state index in [4.69, 9.17) is 4.74 Å². The highest BCUT2D eigenvalue weighted by Gasteiger charge is 2.37. The first-order valence-electron chi connectivity index (χ1n) is 5.75. The molecule has 0 bridgehead atoms. The fourth-order valence-corrected chi connectivity index (χ4v) is 2.74. The van der Waals surface area contributed by atoms with Crippen LogP contribution < -0.4 is 0 Å². The molecule has 0 radical (unpaired) electrons. The maximum atomic E-state index is 11.6. The highest BCUT2D eigenvalue weighted by molar-refractivity contribution is 5.87. The van der Waals surface area contributed by atoms with Crippen molar-refractivity contribution in [3.8, 4) is 0 Å². The van der Waals surface area contributed by atoms with Gasteiger partial charge in [-0.1, -0.05) is 6.58 Å². The third kappa shape index (κ3) is 2.23. The summed E-state index contributed by atoms with van der Waals surface area (Å²) < 4.78 is 5.40. The molecule has 0 atom stereocenters. The summed E-state index contributed by atoms with van der Waals surface area (Å²) in [5.41, 5.74) is 0.342. The van der Waals surface area contributed by atoms with E-state index in [1.807, 2.05) is 4.90 Å². The summed E-state index contributed by atoms with van der Waals surface area (Å²) in [5, 5.41) is 0. The van der Waals surface area contributed by atoms with E-state index in [1.165, 1.54) is 12.5 Å². The second-order valence-corrected chi connectivity index (χ2v) is 4.68. The van der Waals surface area contributed by atoms with Crippen LogP contribution in [0.25, 0.3) is 0 Å². The molecule has 2 rings (SSSR count). The number of piperidine rings is 1. The Balaban J connectivity index is 2.02. The lowest BCUT2D eigenvalue weighted by Crippen LogP contribution is -2.47. The predicted octanol–water partition coefficient (Wildman–Crippen LogP) is 1.59. The molecule has 2 aliphatic heterocycles. The SMILES string of the molecule is C=CC(=O)N1CCCC2(CCOCC2)C1. The van der Waals surface area contributed by atoms with E-state index in [2.05, 4.69) is 6.58 Å². The average molecular weight is 209 g/mol. The average Bonchev–Trinajstić information content (AvgIpc) is 2.29. The van der Waals surface area contributed by atoms with Crippen molar-refractivity contribution in [2.45, 2.75) is 25.7 Å². The summed E-state index contributed by atoms with van der Waals surface area (Å²) in [7, 11) is 0. The van der Waals surface area contributed by atoms with Gasteiger partial charge in [-0.15, -0.1) is 0 Å². The zero-order valence-corrected chi connectivity index (χ0v) is 9.21. The minimum absolute atomic E-state index is 0.0839. The minimum atomic E-state index is 0.0839. The first-order chi connectivity index (χ1) is 7.26. The Kier molecular flexibility index (Phi) is 3.10. The van der Waals surface area contributed by atoms with Gasteiger partial charge < -0.3 is 9.64 Å². The van der Waals surface area contributed by atoms with Crippen LogP contribution in [0.2, 0.25) is 0 Å². The largest absolute Gasteiger partial charge is 0.381 e. The molecule has 2 saturated heterocycles. The van der Waals surface area contributed by atoms with Gasteiger partial charge in [-0.05, 0) is 37.2 Å². The van der Waals surface area contributed by atoms with Crippen molar-refractivity contribution < 1.29 is 9.53 Å². The summed E-state index contributed by atoms with van der Waals surface area (Å²) in [4.78, 5) is 13.5. The lowest BCUT2D eigenvalue weighted by atomic mass is 9.74. The van der Waals surface area contributed by atoms with E-state index in [-0.39, 0.29) is 5.91 Å². The summed E-state index contributed by atoms with van der Waals surface area (Å²) in [5.74, 6) is 0.0839. The lowest BCUT2D eigenvalue weighted by molar-refractivity contribution is -0.131. The fourth-order valence-electron chi connectivity index (χ4n) is 2.74. The van der Waals surface area contributed by atoms with Crippen LogP contribution in [0.4, 0.5) is 0 Å². The molecule has 1 amide bonds. The molecule has 3 heteroatoms. The van der Waals surface area contributed by atoms with Crippen LogP contribution in [0.5, 0.6) is 0 Å². The van der Waals surface area contributed by atoms with Crippen LogP contribution in [0.1, 0.15) is 25.7 Å². The van der Waals surface area contributed by atoms with Crippen LogP contribution in [-0.4, -0.2) is 37.1 Å². The van der Waals surface area contributed by atoms with E-state index in [9.17, 15) is 4.79 Å². The maximum Gasteiger partial charge on any atom is 0.245 e. The van der Waals surface area contributed by atoms with Gasteiger partial charge in [-0.2, -0.15) is 0 Å². The quantitative estimate of drug-likeness (QED) is 0.614. The number of ether oxygens (including phenoxy) is 1. The van der Waals surface area contributed by atoms with E-state index in [0.717, 1.165) is 45.6 Å². The molecule has 84 valence electrons. The van der Waals surface area contributed by atoms with Crippen LogP contribution in [0.3, 0.4) is 0 Å². The molecule has 0 unspecified atom stereocenters. The molecule has 2 fully saturated rings. The van der Waals surface area contributed by atoms with E-state index in [1.54, 1.807) is 0 Å². The van der Waals surface area contributed by atoms with Gasteiger partial charge in [0, 0.05) is 26.3 Å². The molecule has 3 nitrogen and oxygen atoms in total. The zero-order chi connectivity index (χ0) is 10.7. The molecule has 0 N–H and O–H groups in total. The first-order valence-corrected chi connectivity index (χ1v) is 5.75. The Hall–Kier alpha value is -0.830. The smallest absolute Gasteiger partial charge is 0.245 e. The minimum Gasteiger partial charge on any atom is -0.381 e. The number of carbonyl (C=O) groups excluding carboxylic acids is 1. The molecule has 15 heavy (non-hydrogen) atoms. The second kappa shape index (κ2) is 4.35. The predicted molar refractivity (Wildman–Crippen MR) is 58.5 cm³/mol. The molecule has 1 spiro atoms. The van der Waals surface area contributed by atoms with E-state index < -0.39 is 0 Å². The highest BCUT2D eigenvalue weighted by Crippen LogP contribution is 2.39. The van der Waals surface area contributed by atoms with Gasteiger partial charge in [0.15, 0.2) is 0 Å². The Bertz CT molecular complexity index is 251. The molecule has 0 saturated carbocycles. The monoisotopic (exact) mass is 209 g/mol. The molecule has 2 aliphatic rings. The topological polar surface area (TPSA) is 29.5 Å². The third-order valence-corrected chi connectivity index (χ3v) is 3.70. The van der Waals surface area contributed by atoms with Gasteiger partial charge in [0.25, 0.3) is 0 Å². The maximum absolute atomic E-state index is 11.6. The number of rotatable bonds is 1. The molecule has 0 aliphatic carbocycles. The Morgan fingerprint density at radius 3 is 2.73 bits per heavy atom. The standard InChI is InChI=1S/C12H19NO2/c1-2-11(14)13-7-3-4-12(10-13)5-8-15-9-6-12/h2H,1,3-10H2. The third-order valence-electron chi connectivity index (χ3n) is 3.70. The van der Waals surface area contributed by atoms with Gasteiger partial charge in [0.2, 0.25) is 5.91 Å². The van der Waals surface area contributed by atoms with Crippen molar-refractivity contribution >= 4 is 5.91 Å². The van der Waals surface area contributed by atoms with Crippen LogP contribution in [0, 0.1) is 5.41 Å². The number of carbonyl (C=O) groups is 1. The Labute approximate surface area is 91.1 Å². The first kappa shape index (κ1) is 10.7. The van der Waals surface area contributed by atoms with Gasteiger partial charge in [0.05, 0.1) is 0 Å². The summed E-state index contributed by atoms with van der Waals surface area (Å²) in [6, 6.07) is 0. The number of likely N-dealkylation sites (tertiary alicyclic amines) is 1. The number of hydrogen-bond donors (Lipinski definition) is 0. The molecule has 2 heterocycles. The molecular weight excluding hydrogens is 190 g/mol. The number of nitrogens with zero attached hydrogens (tertiary/aromatic N) is 1. The van der Waals surface area contributed by atoms with Gasteiger partial charge >= 0.3 is 0 Å². The zero-order valence-electron chi connectivity index (χ0n) is 9.21. The van der Waals surface area contributed by atoms with Gasteiger partial charge in [-0.25, -0.2) is 0 Å². The highest BCUT2D eigenvalue weighted by atomic mass is 16.5. The van der Waals surface area contributed by atoms with Crippen LogP contribution >= 0.6 is 0 Å². The Morgan fingerprint density at radius 2 is 2.07 bits per heavy atom. The van der Waals surface area contributed by atoms with Gasteiger partial charge in [-0.3, -0.25) is 4.79 Å². The van der Waals surface area contributed by atoms with E-state index in [0.29, 0.717) is 5.41 Å². The lowest BCUT2D eigenvalue weighted by Gasteiger charge is -2.44. The Morgan fingerprint density at radius 1 is 1.33 bits per heavy atom. The molecule has 0 aromatic carbocycles. The summed E-state index contributed by atoms with van der Waals surface area (Å²) >= 11 is 0. The molecule has 0 aromatic heterocycles. The normalized spacial score (nSPS) is 25.2. The van der Waals surface area contributed by atoms with Crippen molar-refractivity contribution in [2.75, 3.05) is 26.3 Å². The van der Waals surface area contributed by atoms with Crippen molar-refractivity contribution in [1.82, 2.24) is 4.90 Å². The molecular formula is C12H19NO2. The summed E-state index contributed by atoms with van der Waals surface area (Å²) in [6.07, 6.45) is 6.01. The van der Waals surface area contributed by atoms with Crippen molar-refractivity contribution in [2.24, 2.45) is 5.41 Å².